The van der Waals surface area contributed by atoms with Crippen LogP contribution in [0.3, 0.4) is 0 Å². The summed E-state index contributed by atoms with van der Waals surface area (Å²) in [5.74, 6) is 0.657. The normalized spacial score (nSPS) is 9.08. The average Bonchev–Trinajstić information content (AvgIpc) is 2.12. The van der Waals surface area contributed by atoms with Gasteiger partial charge in [0.1, 0.15) is 0 Å². The van der Waals surface area contributed by atoms with Crippen LogP contribution in [-0.2, 0) is 9.47 Å². The molecule has 0 spiro atoms. The first kappa shape index (κ1) is 12.0. The van der Waals surface area contributed by atoms with Crippen LogP contribution in [-0.4, -0.2) is 38.6 Å². The Balaban J connectivity index is 3.35. The SMILES string of the molecule is COCCSNC(=O)NC(=N)OC. The fourth-order valence-corrected chi connectivity index (χ4v) is 0.955. The van der Waals surface area contributed by atoms with E-state index in [-0.39, 0.29) is 6.02 Å². The van der Waals surface area contributed by atoms with Gasteiger partial charge in [-0.1, -0.05) is 0 Å². The van der Waals surface area contributed by atoms with E-state index in [2.05, 4.69) is 14.8 Å². The van der Waals surface area contributed by atoms with Gasteiger partial charge in [0.15, 0.2) is 0 Å². The van der Waals surface area contributed by atoms with Gasteiger partial charge >= 0.3 is 6.03 Å². The van der Waals surface area contributed by atoms with E-state index in [1.165, 1.54) is 19.1 Å². The van der Waals surface area contributed by atoms with E-state index >= 15 is 0 Å². The summed E-state index contributed by atoms with van der Waals surface area (Å²) in [5.41, 5.74) is 0. The molecule has 0 aliphatic carbocycles. The molecule has 0 heterocycles. The molecule has 0 rings (SSSR count). The fourth-order valence-electron chi connectivity index (χ4n) is 0.421. The third kappa shape index (κ3) is 7.41. The first-order valence-corrected chi connectivity index (χ1v) is 4.49. The van der Waals surface area contributed by atoms with E-state index in [1.807, 2.05) is 0 Å². The van der Waals surface area contributed by atoms with Gasteiger partial charge in [0.2, 0.25) is 0 Å². The molecular formula is C6H13N3O3S. The highest BCUT2D eigenvalue weighted by molar-refractivity contribution is 7.97. The summed E-state index contributed by atoms with van der Waals surface area (Å²) in [4.78, 5) is 10.9. The van der Waals surface area contributed by atoms with Crippen molar-refractivity contribution in [2.45, 2.75) is 0 Å². The van der Waals surface area contributed by atoms with Gasteiger partial charge in [0.05, 0.1) is 13.7 Å². The lowest BCUT2D eigenvalue weighted by atomic mass is 10.9. The third-order valence-corrected chi connectivity index (χ3v) is 1.69. The zero-order valence-electron chi connectivity index (χ0n) is 7.55. The van der Waals surface area contributed by atoms with Crippen LogP contribution in [0.15, 0.2) is 0 Å². The van der Waals surface area contributed by atoms with Gasteiger partial charge in [0, 0.05) is 12.9 Å². The number of carbonyl (C=O) groups excluding carboxylic acids is 1. The first-order valence-electron chi connectivity index (χ1n) is 3.51. The highest BCUT2D eigenvalue weighted by atomic mass is 32.2. The third-order valence-electron chi connectivity index (χ3n) is 0.986. The van der Waals surface area contributed by atoms with Crippen LogP contribution in [0.4, 0.5) is 4.79 Å². The molecule has 0 aliphatic heterocycles. The minimum atomic E-state index is -0.479. The number of carbonyl (C=O) groups is 1. The standard InChI is InChI=1S/C6H13N3O3S/c1-11-3-4-13-9-6(10)8-5(7)12-2/h3-4H2,1-2H3,(H3,7,8,9,10). The number of amidine groups is 1. The van der Waals surface area contributed by atoms with Gasteiger partial charge in [-0.2, -0.15) is 0 Å². The van der Waals surface area contributed by atoms with Crippen molar-refractivity contribution in [3.63, 3.8) is 0 Å². The summed E-state index contributed by atoms with van der Waals surface area (Å²) in [7, 11) is 2.89. The van der Waals surface area contributed by atoms with Crippen molar-refractivity contribution in [1.82, 2.24) is 10.0 Å². The molecule has 0 saturated heterocycles. The van der Waals surface area contributed by atoms with Crippen LogP contribution in [0, 0.1) is 5.41 Å². The largest absolute Gasteiger partial charge is 0.468 e. The molecule has 0 bridgehead atoms. The Kier molecular flexibility index (Phi) is 7.12. The molecule has 0 aromatic carbocycles. The molecule has 6 nitrogen and oxygen atoms in total. The predicted octanol–water partition coefficient (Wildman–Crippen LogP) is 0.161. The summed E-state index contributed by atoms with van der Waals surface area (Å²) >= 11 is 1.20. The molecule has 13 heavy (non-hydrogen) atoms. The van der Waals surface area contributed by atoms with Gasteiger partial charge in [-0.15, -0.1) is 0 Å². The lowest BCUT2D eigenvalue weighted by Gasteiger charge is -2.05. The second-order valence-electron chi connectivity index (χ2n) is 1.93. The van der Waals surface area contributed by atoms with Crippen molar-refractivity contribution < 1.29 is 14.3 Å². The van der Waals surface area contributed by atoms with Crippen molar-refractivity contribution in [2.75, 3.05) is 26.6 Å². The molecule has 0 aromatic heterocycles. The smallest absolute Gasteiger partial charge is 0.332 e. The molecule has 76 valence electrons. The van der Waals surface area contributed by atoms with Crippen molar-refractivity contribution in [3.8, 4) is 0 Å². The Labute approximate surface area is 81.0 Å². The van der Waals surface area contributed by atoms with Crippen LogP contribution in [0.1, 0.15) is 0 Å². The number of ether oxygens (including phenoxy) is 2. The number of rotatable bonds is 4. The van der Waals surface area contributed by atoms with E-state index in [4.69, 9.17) is 10.1 Å². The number of hydrogen-bond acceptors (Lipinski definition) is 5. The summed E-state index contributed by atoms with van der Waals surface area (Å²) in [5, 5.41) is 9.11. The number of nitrogens with one attached hydrogen (secondary N) is 3. The van der Waals surface area contributed by atoms with Gasteiger partial charge in [0.25, 0.3) is 6.02 Å². The summed E-state index contributed by atoms with van der Waals surface area (Å²) in [6, 6.07) is -0.766. The Bertz CT molecular complexity index is 177. The van der Waals surface area contributed by atoms with Crippen molar-refractivity contribution >= 4 is 24.0 Å². The lowest BCUT2D eigenvalue weighted by Crippen LogP contribution is -2.36. The monoisotopic (exact) mass is 207 g/mol. The maximum atomic E-state index is 10.9. The molecule has 0 aliphatic rings. The second-order valence-corrected chi connectivity index (χ2v) is 2.83. The summed E-state index contributed by atoms with van der Waals surface area (Å²) in [6.45, 7) is 0.562. The number of urea groups is 1. The second kappa shape index (κ2) is 7.69. The van der Waals surface area contributed by atoms with Crippen LogP contribution in [0.2, 0.25) is 0 Å². The predicted molar refractivity (Wildman–Crippen MR) is 50.7 cm³/mol. The van der Waals surface area contributed by atoms with Crippen LogP contribution in [0.5, 0.6) is 0 Å². The average molecular weight is 207 g/mol. The Morgan fingerprint density at radius 2 is 2.23 bits per heavy atom. The Morgan fingerprint density at radius 3 is 2.77 bits per heavy atom. The molecule has 0 unspecified atom stereocenters. The molecule has 3 N–H and O–H groups in total. The number of amides is 2. The molecule has 0 atom stereocenters. The van der Waals surface area contributed by atoms with E-state index in [1.54, 1.807) is 7.11 Å². The minimum Gasteiger partial charge on any atom is -0.468 e. The van der Waals surface area contributed by atoms with Crippen molar-refractivity contribution in [3.05, 3.63) is 0 Å². The molecule has 0 radical (unpaired) electrons. The maximum absolute atomic E-state index is 10.9. The number of hydrogen-bond donors (Lipinski definition) is 3. The van der Waals surface area contributed by atoms with E-state index in [9.17, 15) is 4.79 Å². The van der Waals surface area contributed by atoms with E-state index in [0.717, 1.165) is 0 Å². The zero-order valence-corrected chi connectivity index (χ0v) is 8.36. The van der Waals surface area contributed by atoms with E-state index in [0.29, 0.717) is 12.4 Å². The zero-order chi connectivity index (χ0) is 10.1. The van der Waals surface area contributed by atoms with Crippen LogP contribution < -0.4 is 10.0 Å². The van der Waals surface area contributed by atoms with Gasteiger partial charge in [-0.05, 0) is 11.9 Å². The topological polar surface area (TPSA) is 83.4 Å². The van der Waals surface area contributed by atoms with Crippen molar-refractivity contribution in [2.24, 2.45) is 0 Å². The van der Waals surface area contributed by atoms with Gasteiger partial charge in [-0.25, -0.2) is 4.79 Å². The molecular weight excluding hydrogens is 194 g/mol. The molecule has 7 heteroatoms. The molecule has 0 saturated carbocycles. The van der Waals surface area contributed by atoms with Crippen LogP contribution in [0.25, 0.3) is 0 Å². The maximum Gasteiger partial charge on any atom is 0.332 e. The summed E-state index contributed by atoms with van der Waals surface area (Å²) < 4.78 is 11.6. The van der Waals surface area contributed by atoms with Gasteiger partial charge in [-0.3, -0.25) is 15.4 Å². The highest BCUT2D eigenvalue weighted by Gasteiger charge is 2.02. The highest BCUT2D eigenvalue weighted by Crippen LogP contribution is 1.91. The lowest BCUT2D eigenvalue weighted by molar-refractivity contribution is 0.218. The van der Waals surface area contributed by atoms with Gasteiger partial charge < -0.3 is 9.47 Å². The van der Waals surface area contributed by atoms with Crippen molar-refractivity contribution in [1.29, 1.82) is 5.41 Å². The fraction of sp³-hybridized carbons (Fsp3) is 0.667. The first-order chi connectivity index (χ1) is 6.20. The number of methoxy groups -OCH3 is 2. The minimum absolute atomic E-state index is 0.287. The molecule has 0 aromatic rings. The Morgan fingerprint density at radius 1 is 1.54 bits per heavy atom. The van der Waals surface area contributed by atoms with Crippen LogP contribution >= 0.6 is 11.9 Å². The summed E-state index contributed by atoms with van der Waals surface area (Å²) in [6.07, 6.45) is 0. The molecule has 0 fully saturated rings. The quantitative estimate of drug-likeness (QED) is 0.265. The molecule has 2 amide bonds. The Hall–Kier alpha value is -0.950. The van der Waals surface area contributed by atoms with E-state index < -0.39 is 6.03 Å².